The zero-order valence-electron chi connectivity index (χ0n) is 19.3. The summed E-state index contributed by atoms with van der Waals surface area (Å²) in [4.78, 5) is 36.0. The highest BCUT2D eigenvalue weighted by Gasteiger charge is 2.95. The predicted octanol–water partition coefficient (Wildman–Crippen LogP) is 1.72. The van der Waals surface area contributed by atoms with Crippen molar-refractivity contribution in [2.75, 3.05) is 6.61 Å². The van der Waals surface area contributed by atoms with Crippen molar-refractivity contribution in [1.82, 2.24) is 0 Å². The second kappa shape index (κ2) is 6.75. The molecule has 3 aliphatic heterocycles. The normalized spacial score (nSPS) is 49.8. The number of hydrogen-bond donors (Lipinski definition) is 2. The molecule has 0 aromatic carbocycles. The maximum atomic E-state index is 12.7. The number of esters is 2. The summed E-state index contributed by atoms with van der Waals surface area (Å²) >= 11 is 7.07. The number of carboxylic acid groups (broad SMARTS) is 1. The summed E-state index contributed by atoms with van der Waals surface area (Å²) < 4.78 is 24.3. The minimum Gasteiger partial charge on any atom is -0.481 e. The third-order valence-corrected chi connectivity index (χ3v) is 10.2. The maximum Gasteiger partial charge on any atom is 0.334 e. The van der Waals surface area contributed by atoms with E-state index >= 15 is 0 Å². The number of epoxide rings is 1. The Morgan fingerprint density at radius 2 is 2.00 bits per heavy atom. The van der Waals surface area contributed by atoms with Gasteiger partial charge in [-0.25, -0.2) is 4.79 Å². The van der Waals surface area contributed by atoms with E-state index in [0.717, 1.165) is 5.57 Å². The van der Waals surface area contributed by atoms with Crippen LogP contribution in [0.25, 0.3) is 0 Å². The van der Waals surface area contributed by atoms with E-state index in [1.54, 1.807) is 0 Å². The van der Waals surface area contributed by atoms with Crippen LogP contribution >= 0.6 is 11.6 Å². The van der Waals surface area contributed by atoms with E-state index in [1.165, 1.54) is 0 Å². The van der Waals surface area contributed by atoms with Crippen LogP contribution in [0.15, 0.2) is 11.1 Å². The Hall–Kier alpha value is -1.68. The Balaban J connectivity index is 1.46. The van der Waals surface area contributed by atoms with Gasteiger partial charge in [0.05, 0.1) is 24.3 Å². The van der Waals surface area contributed by atoms with Gasteiger partial charge in [-0.15, -0.1) is 11.6 Å². The molecule has 9 nitrogen and oxygen atoms in total. The lowest BCUT2D eigenvalue weighted by molar-refractivity contribution is -0.217. The van der Waals surface area contributed by atoms with Crippen LogP contribution in [0.3, 0.4) is 0 Å². The Bertz CT molecular complexity index is 1040. The van der Waals surface area contributed by atoms with Crippen molar-refractivity contribution in [3.05, 3.63) is 11.1 Å². The predicted molar refractivity (Wildman–Crippen MR) is 115 cm³/mol. The highest BCUT2D eigenvalue weighted by Crippen LogP contribution is 2.78. The number of cyclic esters (lactones) is 1. The van der Waals surface area contributed by atoms with Crippen LogP contribution < -0.4 is 0 Å². The fraction of sp³-hybridized carbons (Fsp3) is 0.792. The summed E-state index contributed by atoms with van der Waals surface area (Å²) in [6.45, 7) is 6.10. The van der Waals surface area contributed by atoms with Crippen molar-refractivity contribution >= 4 is 29.5 Å². The molecule has 6 aliphatic rings. The number of halogens is 1. The van der Waals surface area contributed by atoms with Crippen LogP contribution in [-0.4, -0.2) is 75.2 Å². The molecule has 3 aliphatic carbocycles. The number of carbonyl (C=O) groups is 3. The number of alkyl halides is 1. The van der Waals surface area contributed by atoms with Gasteiger partial charge < -0.3 is 29.2 Å². The van der Waals surface area contributed by atoms with Crippen molar-refractivity contribution in [3.63, 3.8) is 0 Å². The van der Waals surface area contributed by atoms with Gasteiger partial charge >= 0.3 is 17.9 Å². The number of rotatable bonds is 5. The quantitative estimate of drug-likeness (QED) is 0.331. The molecule has 34 heavy (non-hydrogen) atoms. The molecule has 2 saturated carbocycles. The van der Waals surface area contributed by atoms with Crippen LogP contribution in [0.2, 0.25) is 0 Å². The van der Waals surface area contributed by atoms with E-state index in [4.69, 9.17) is 35.7 Å². The summed E-state index contributed by atoms with van der Waals surface area (Å²) in [6.07, 6.45) is -1.51. The average molecular weight is 497 g/mol. The molecule has 1 spiro atoms. The molecule has 2 N–H and O–H groups in total. The standard InChI is InChI=1S/C24H29ClO9/c1-10(2)22-17(25)18-24(34-18)21(3)7-6-11-12(9-31-19(11)29)13(21)8-14(33-22)23(24,30)20(22)32-16(28)5-4-15(26)27/h10,13-14,17-18,20,30H,4-9H2,1-3H3,(H,26,27)/t13-,14+,17+,18-,20+,21-,22-,23+,24+/m0/s1. The molecule has 0 aromatic heterocycles. The van der Waals surface area contributed by atoms with Gasteiger partial charge in [0.2, 0.25) is 0 Å². The van der Waals surface area contributed by atoms with Crippen LogP contribution in [0.1, 0.15) is 52.9 Å². The van der Waals surface area contributed by atoms with E-state index < -0.39 is 57.8 Å². The number of hydrogen-bond acceptors (Lipinski definition) is 8. The Morgan fingerprint density at radius 3 is 2.68 bits per heavy atom. The summed E-state index contributed by atoms with van der Waals surface area (Å²) in [5, 5.41) is 20.8. The molecular formula is C24H29ClO9. The minimum atomic E-state index is -1.65. The third kappa shape index (κ3) is 2.31. The van der Waals surface area contributed by atoms with Crippen molar-refractivity contribution < 1.29 is 43.5 Å². The van der Waals surface area contributed by atoms with E-state index in [2.05, 4.69) is 6.92 Å². The van der Waals surface area contributed by atoms with E-state index in [9.17, 15) is 19.5 Å². The maximum absolute atomic E-state index is 12.7. The van der Waals surface area contributed by atoms with Gasteiger partial charge in [-0.2, -0.15) is 0 Å². The van der Waals surface area contributed by atoms with E-state index in [0.29, 0.717) is 24.8 Å². The van der Waals surface area contributed by atoms with Gasteiger partial charge in [0.25, 0.3) is 0 Å². The second-order valence-corrected chi connectivity index (χ2v) is 11.6. The molecule has 2 bridgehead atoms. The Labute approximate surface area is 201 Å². The lowest BCUT2D eigenvalue weighted by Crippen LogP contribution is -2.77. The van der Waals surface area contributed by atoms with Crippen LogP contribution in [0.5, 0.6) is 0 Å². The number of carboxylic acids is 1. The van der Waals surface area contributed by atoms with Crippen LogP contribution in [0, 0.1) is 17.3 Å². The fourth-order valence-corrected chi connectivity index (χ4v) is 8.70. The molecule has 0 aromatic rings. The molecule has 4 fully saturated rings. The van der Waals surface area contributed by atoms with E-state index in [-0.39, 0.29) is 37.3 Å². The first kappa shape index (κ1) is 22.8. The van der Waals surface area contributed by atoms with Crippen molar-refractivity contribution in [2.45, 2.75) is 93.4 Å². The summed E-state index contributed by atoms with van der Waals surface area (Å²) in [5.41, 5.74) is -2.88. The molecule has 0 amide bonds. The smallest absolute Gasteiger partial charge is 0.334 e. The van der Waals surface area contributed by atoms with Gasteiger partial charge in [0.1, 0.15) is 23.9 Å². The average Bonchev–Trinajstić information content (AvgIpc) is 3.38. The zero-order valence-corrected chi connectivity index (χ0v) is 20.1. The minimum absolute atomic E-state index is 0.105. The fourth-order valence-electron chi connectivity index (χ4n) is 8.06. The van der Waals surface area contributed by atoms with Gasteiger partial charge in [-0.05, 0) is 36.7 Å². The molecule has 0 unspecified atom stereocenters. The first-order chi connectivity index (χ1) is 15.9. The summed E-state index contributed by atoms with van der Waals surface area (Å²) in [7, 11) is 0. The monoisotopic (exact) mass is 496 g/mol. The third-order valence-electron chi connectivity index (χ3n) is 9.66. The number of fused-ring (bicyclic) bond motifs is 3. The van der Waals surface area contributed by atoms with Gasteiger partial charge in [-0.1, -0.05) is 20.8 Å². The van der Waals surface area contributed by atoms with Crippen molar-refractivity contribution in [2.24, 2.45) is 17.3 Å². The van der Waals surface area contributed by atoms with Gasteiger partial charge in [0, 0.05) is 11.0 Å². The number of ether oxygens (including phenoxy) is 4. The topological polar surface area (TPSA) is 132 Å². The second-order valence-electron chi connectivity index (χ2n) is 11.2. The molecular weight excluding hydrogens is 468 g/mol. The molecule has 10 heteroatoms. The molecule has 0 radical (unpaired) electrons. The number of carbonyl (C=O) groups excluding carboxylic acids is 2. The SMILES string of the molecule is CC(C)[C@]12O[C@@H]3C[C@H]4C5=C(CC[C@]4(C)[C@@]4(O[C@H]4[C@H]1Cl)[C@]3(O)[C@@H]2OC(=O)CCC(=O)O)C(=O)OC5. The molecule has 2 saturated heterocycles. The molecule has 186 valence electrons. The van der Waals surface area contributed by atoms with Gasteiger partial charge in [-0.3, -0.25) is 9.59 Å². The number of aliphatic hydroxyl groups is 1. The molecule has 3 heterocycles. The highest BCUT2D eigenvalue weighted by atomic mass is 35.5. The van der Waals surface area contributed by atoms with Crippen molar-refractivity contribution in [3.8, 4) is 0 Å². The molecule has 6 rings (SSSR count). The summed E-state index contributed by atoms with van der Waals surface area (Å²) in [6, 6.07) is 0. The first-order valence-corrected chi connectivity index (χ1v) is 12.4. The van der Waals surface area contributed by atoms with Crippen LogP contribution in [-0.2, 0) is 33.3 Å². The van der Waals surface area contributed by atoms with Crippen molar-refractivity contribution in [1.29, 1.82) is 0 Å². The zero-order chi connectivity index (χ0) is 24.4. The van der Waals surface area contributed by atoms with Crippen LogP contribution in [0.4, 0.5) is 0 Å². The Kier molecular flexibility index (Phi) is 4.52. The molecule has 9 atom stereocenters. The lowest BCUT2D eigenvalue weighted by Gasteiger charge is -2.59. The first-order valence-electron chi connectivity index (χ1n) is 12.0. The van der Waals surface area contributed by atoms with Gasteiger partial charge in [0.15, 0.2) is 11.7 Å². The van der Waals surface area contributed by atoms with E-state index in [1.807, 2.05) is 13.8 Å². The lowest BCUT2D eigenvalue weighted by atomic mass is 9.45. The highest BCUT2D eigenvalue weighted by molar-refractivity contribution is 6.22. The summed E-state index contributed by atoms with van der Waals surface area (Å²) in [5.74, 6) is -2.44. The largest absolute Gasteiger partial charge is 0.481 e. The number of aliphatic carboxylic acids is 1. The Morgan fingerprint density at radius 1 is 1.26 bits per heavy atom.